The average molecular weight is 690 g/mol. The van der Waals surface area contributed by atoms with Gasteiger partial charge in [0.1, 0.15) is 11.0 Å². The first-order valence-corrected chi connectivity index (χ1v) is 17.6. The lowest BCUT2D eigenvalue weighted by molar-refractivity contribution is -0.160. The Balaban J connectivity index is 1.32. The zero-order valence-electron chi connectivity index (χ0n) is 27.4. The summed E-state index contributed by atoms with van der Waals surface area (Å²) in [7, 11) is 0. The lowest BCUT2D eigenvalue weighted by Crippen LogP contribution is -2.52. The number of hydrogen-bond acceptors (Lipinski definition) is 9. The number of aryl methyl sites for hydroxylation is 1. The predicted molar refractivity (Wildman–Crippen MR) is 188 cm³/mol. The fourth-order valence-electron chi connectivity index (χ4n) is 7.14. The fraction of sp³-hybridized carbons (Fsp3) is 0.432. The molecule has 1 aromatic heterocycles. The number of nitrogens with zero attached hydrogens (tertiary/aromatic N) is 3. The van der Waals surface area contributed by atoms with Gasteiger partial charge in [0.15, 0.2) is 12.4 Å². The van der Waals surface area contributed by atoms with Crippen LogP contribution >= 0.6 is 22.9 Å². The zero-order chi connectivity index (χ0) is 33.9. The number of aliphatic imine (C=N–C) groups is 1. The molecule has 9 nitrogen and oxygen atoms in total. The maximum atomic E-state index is 12.7. The van der Waals surface area contributed by atoms with Crippen molar-refractivity contribution in [3.8, 4) is 21.7 Å². The monoisotopic (exact) mass is 689 g/mol. The van der Waals surface area contributed by atoms with Crippen molar-refractivity contribution < 1.29 is 29.6 Å². The van der Waals surface area contributed by atoms with Crippen LogP contribution in [0.25, 0.3) is 31.9 Å². The Kier molecular flexibility index (Phi) is 8.95. The molecule has 3 aliphatic rings. The SMILES string of the molecule is Cc1cc2nc(-c3ccc4c(c3)C(C3CCN(C5COC5)CC3)=NC4C(O)O)sc2c(-c2ccc(Cl)cc2)c1[C@H](OC(C)(C)C)C(=O)O. The first-order valence-electron chi connectivity index (χ1n) is 16.4. The molecule has 0 aliphatic carbocycles. The number of piperidine rings is 1. The van der Waals surface area contributed by atoms with E-state index in [0.717, 1.165) is 93.5 Å². The Labute approximate surface area is 288 Å². The molecule has 0 amide bonds. The summed E-state index contributed by atoms with van der Waals surface area (Å²) in [5.41, 5.74) is 6.56. The molecule has 3 N–H and O–H groups in total. The normalized spacial score (nSPS) is 19.8. The van der Waals surface area contributed by atoms with Gasteiger partial charge in [0.25, 0.3) is 0 Å². The molecule has 0 bridgehead atoms. The molecule has 11 heteroatoms. The topological polar surface area (TPSA) is 125 Å². The Hall–Kier alpha value is -3.22. The number of likely N-dealkylation sites (tertiary alicyclic amines) is 1. The second kappa shape index (κ2) is 12.9. The maximum absolute atomic E-state index is 12.7. The number of aliphatic hydroxyl groups excluding tert-OH is 1. The number of rotatable bonds is 8. The van der Waals surface area contributed by atoms with Crippen molar-refractivity contribution >= 4 is 44.8 Å². The van der Waals surface area contributed by atoms with E-state index < -0.39 is 30.0 Å². The molecule has 2 fully saturated rings. The first-order chi connectivity index (χ1) is 22.9. The molecule has 2 atom stereocenters. The number of carboxylic acids is 1. The number of aliphatic carboxylic acids is 1. The summed E-state index contributed by atoms with van der Waals surface area (Å²) in [5.74, 6) is -0.849. The second-order valence-corrected chi connectivity index (χ2v) is 15.4. The van der Waals surface area contributed by atoms with Crippen LogP contribution in [-0.2, 0) is 14.3 Å². The molecule has 2 saturated heterocycles. The minimum absolute atomic E-state index is 0.216. The number of carboxylic acid groups (broad SMARTS) is 1. The van der Waals surface area contributed by atoms with Crippen LogP contribution in [0.4, 0.5) is 0 Å². The smallest absolute Gasteiger partial charge is 0.337 e. The molecule has 0 spiro atoms. The molecule has 4 aromatic rings. The highest BCUT2D eigenvalue weighted by Gasteiger charge is 2.37. The van der Waals surface area contributed by atoms with E-state index in [2.05, 4.69) is 11.0 Å². The number of aliphatic hydroxyl groups is 2. The van der Waals surface area contributed by atoms with E-state index in [4.69, 9.17) is 31.1 Å². The van der Waals surface area contributed by atoms with Crippen LogP contribution in [0.1, 0.15) is 68.0 Å². The van der Waals surface area contributed by atoms with Crippen molar-refractivity contribution in [2.45, 2.75) is 70.6 Å². The van der Waals surface area contributed by atoms with Crippen LogP contribution in [0.15, 0.2) is 53.5 Å². The number of hydrogen-bond donors (Lipinski definition) is 3. The van der Waals surface area contributed by atoms with E-state index in [1.54, 1.807) is 12.1 Å². The molecule has 4 heterocycles. The summed E-state index contributed by atoms with van der Waals surface area (Å²) in [5, 5.41) is 32.3. The van der Waals surface area contributed by atoms with E-state index in [9.17, 15) is 20.1 Å². The molecule has 48 heavy (non-hydrogen) atoms. The fourth-order valence-corrected chi connectivity index (χ4v) is 8.39. The Morgan fingerprint density at radius 1 is 1.06 bits per heavy atom. The van der Waals surface area contributed by atoms with Gasteiger partial charge < -0.3 is 24.8 Å². The van der Waals surface area contributed by atoms with Gasteiger partial charge in [-0.1, -0.05) is 35.9 Å². The summed E-state index contributed by atoms with van der Waals surface area (Å²) >= 11 is 7.77. The first kappa shape index (κ1) is 33.3. The molecular weight excluding hydrogens is 650 g/mol. The number of halogens is 1. The summed E-state index contributed by atoms with van der Waals surface area (Å²) in [6, 6.07) is 15.1. The largest absolute Gasteiger partial charge is 0.479 e. The summed E-state index contributed by atoms with van der Waals surface area (Å²) in [6.45, 7) is 11.0. The second-order valence-electron chi connectivity index (χ2n) is 14.0. The molecular formula is C37H40ClN3O6S. The third kappa shape index (κ3) is 6.31. The molecule has 252 valence electrons. The minimum Gasteiger partial charge on any atom is -0.479 e. The van der Waals surface area contributed by atoms with Crippen molar-refractivity contribution in [3.63, 3.8) is 0 Å². The van der Waals surface area contributed by atoms with Crippen LogP contribution in [0.5, 0.6) is 0 Å². The number of ether oxygens (including phenoxy) is 2. The standard InChI is InChI=1S/C37H40ClN3O6S/c1-19-15-27-33(29(20-5-8-23(38)9-6-20)28(19)32(36(44)45)47-37(2,3)4)48-34(39-27)22-7-10-25-26(16-22)30(40-31(25)35(42)43)21-11-13-41(14-12-21)24-17-46-18-24/h5-10,15-16,21,24,31-32,35,42-43H,11-14,17-18H2,1-4H3,(H,44,45)/t31?,32-/m0/s1. The molecule has 1 unspecified atom stereocenters. The number of fused-ring (bicyclic) bond motifs is 2. The van der Waals surface area contributed by atoms with E-state index >= 15 is 0 Å². The van der Waals surface area contributed by atoms with Crippen molar-refractivity contribution in [3.05, 3.63) is 75.8 Å². The lowest BCUT2D eigenvalue weighted by Gasteiger charge is -2.41. The summed E-state index contributed by atoms with van der Waals surface area (Å²) in [6.07, 6.45) is -0.901. The Morgan fingerprint density at radius 2 is 1.75 bits per heavy atom. The van der Waals surface area contributed by atoms with Gasteiger partial charge in [-0.15, -0.1) is 11.3 Å². The lowest BCUT2D eigenvalue weighted by atomic mass is 9.86. The number of thiazole rings is 1. The Morgan fingerprint density at radius 3 is 2.35 bits per heavy atom. The average Bonchev–Trinajstić information content (AvgIpc) is 3.60. The minimum atomic E-state index is -1.59. The van der Waals surface area contributed by atoms with Crippen LogP contribution in [-0.4, -0.2) is 81.1 Å². The molecule has 3 aliphatic heterocycles. The van der Waals surface area contributed by atoms with Crippen molar-refractivity contribution in [2.75, 3.05) is 26.3 Å². The highest BCUT2D eigenvalue weighted by molar-refractivity contribution is 7.22. The van der Waals surface area contributed by atoms with E-state index in [1.807, 2.05) is 58.0 Å². The number of aromatic nitrogens is 1. The van der Waals surface area contributed by atoms with Gasteiger partial charge in [-0.05, 0) is 94.6 Å². The van der Waals surface area contributed by atoms with Crippen LogP contribution in [0, 0.1) is 12.8 Å². The van der Waals surface area contributed by atoms with E-state index in [1.165, 1.54) is 11.3 Å². The van der Waals surface area contributed by atoms with Crippen molar-refractivity contribution in [2.24, 2.45) is 10.9 Å². The summed E-state index contributed by atoms with van der Waals surface area (Å²) < 4.78 is 12.4. The van der Waals surface area contributed by atoms with Gasteiger partial charge in [0.2, 0.25) is 0 Å². The predicted octanol–water partition coefficient (Wildman–Crippen LogP) is 6.80. The van der Waals surface area contributed by atoms with Gasteiger partial charge in [-0.25, -0.2) is 9.78 Å². The molecule has 0 radical (unpaired) electrons. The van der Waals surface area contributed by atoms with E-state index in [0.29, 0.717) is 16.6 Å². The maximum Gasteiger partial charge on any atom is 0.337 e. The number of benzene rings is 3. The van der Waals surface area contributed by atoms with Crippen LogP contribution < -0.4 is 0 Å². The van der Waals surface area contributed by atoms with Crippen LogP contribution in [0.2, 0.25) is 5.02 Å². The highest BCUT2D eigenvalue weighted by atomic mass is 35.5. The zero-order valence-corrected chi connectivity index (χ0v) is 29.0. The highest BCUT2D eigenvalue weighted by Crippen LogP contribution is 2.46. The van der Waals surface area contributed by atoms with Gasteiger partial charge in [0.05, 0.1) is 35.1 Å². The number of carbonyl (C=O) groups is 1. The molecule has 0 saturated carbocycles. The summed E-state index contributed by atoms with van der Waals surface area (Å²) in [4.78, 5) is 25.2. The van der Waals surface area contributed by atoms with E-state index in [-0.39, 0.29) is 5.92 Å². The molecule has 3 aromatic carbocycles. The molecule has 7 rings (SSSR count). The van der Waals surface area contributed by atoms with Gasteiger partial charge in [-0.3, -0.25) is 9.89 Å². The van der Waals surface area contributed by atoms with Gasteiger partial charge in [-0.2, -0.15) is 0 Å². The van der Waals surface area contributed by atoms with Gasteiger partial charge in [0, 0.05) is 38.9 Å². The van der Waals surface area contributed by atoms with Crippen molar-refractivity contribution in [1.82, 2.24) is 9.88 Å². The Bertz CT molecular complexity index is 1890. The van der Waals surface area contributed by atoms with Crippen LogP contribution in [0.3, 0.4) is 0 Å². The quantitative estimate of drug-likeness (QED) is 0.173. The van der Waals surface area contributed by atoms with Gasteiger partial charge >= 0.3 is 5.97 Å². The van der Waals surface area contributed by atoms with Crippen molar-refractivity contribution in [1.29, 1.82) is 0 Å². The third-order valence-electron chi connectivity index (χ3n) is 9.53. The third-order valence-corrected chi connectivity index (χ3v) is 10.9.